The molecule has 25 heavy (non-hydrogen) atoms. The van der Waals surface area contributed by atoms with Crippen LogP contribution in [0.4, 0.5) is 0 Å². The first-order chi connectivity index (χ1) is 12.3. The van der Waals surface area contributed by atoms with Crippen LogP contribution in [0, 0.1) is 0 Å². The zero-order valence-electron chi connectivity index (χ0n) is 13.8. The Hall–Kier alpha value is -2.99. The number of aliphatic hydroxyl groups excluding tert-OH is 1. The van der Waals surface area contributed by atoms with Gasteiger partial charge in [-0.25, -0.2) is 9.67 Å². The molecule has 1 heterocycles. The van der Waals surface area contributed by atoms with Crippen LogP contribution >= 0.6 is 0 Å². The van der Waals surface area contributed by atoms with E-state index >= 15 is 0 Å². The highest BCUT2D eigenvalue weighted by atomic mass is 16.3. The van der Waals surface area contributed by atoms with Gasteiger partial charge >= 0.3 is 0 Å². The molecule has 6 heteroatoms. The summed E-state index contributed by atoms with van der Waals surface area (Å²) in [7, 11) is 0. The normalized spacial score (nSPS) is 10.6. The second-order valence-corrected chi connectivity index (χ2v) is 5.64. The maximum Gasteiger partial charge on any atom is 0.254 e. The summed E-state index contributed by atoms with van der Waals surface area (Å²) in [6.45, 7) is 0.791. The first kappa shape index (κ1) is 16.9. The molecule has 2 aromatic carbocycles. The topological polar surface area (TPSA) is 71.2 Å². The van der Waals surface area contributed by atoms with Gasteiger partial charge in [-0.15, -0.1) is 0 Å². The fourth-order valence-electron chi connectivity index (χ4n) is 2.65. The number of rotatable bonds is 7. The van der Waals surface area contributed by atoms with E-state index < -0.39 is 0 Å². The third-order valence-corrected chi connectivity index (χ3v) is 3.95. The van der Waals surface area contributed by atoms with Crippen molar-refractivity contribution in [3.63, 3.8) is 0 Å². The van der Waals surface area contributed by atoms with Crippen LogP contribution in [0.2, 0.25) is 0 Å². The van der Waals surface area contributed by atoms with Gasteiger partial charge in [0, 0.05) is 18.7 Å². The van der Waals surface area contributed by atoms with Crippen molar-refractivity contribution in [2.24, 2.45) is 0 Å². The van der Waals surface area contributed by atoms with Gasteiger partial charge in [0.2, 0.25) is 0 Å². The lowest BCUT2D eigenvalue weighted by molar-refractivity contribution is 0.0724. The summed E-state index contributed by atoms with van der Waals surface area (Å²) < 4.78 is 1.61. The molecule has 128 valence electrons. The Bertz CT molecular complexity index is 803. The van der Waals surface area contributed by atoms with E-state index in [1.54, 1.807) is 28.0 Å². The number of hydrogen-bond donors (Lipinski definition) is 1. The molecule has 0 bridgehead atoms. The summed E-state index contributed by atoms with van der Waals surface area (Å²) in [5.74, 6) is -0.105. The number of hydrogen-bond acceptors (Lipinski definition) is 4. The second-order valence-electron chi connectivity index (χ2n) is 5.64. The standard InChI is InChI=1S/C19H20N4O2/c24-12-11-22(10-9-16-5-2-1-3-6-16)19(25)17-7-4-8-18(13-17)23-15-20-14-21-23/h1-8,13-15,24H,9-12H2. The van der Waals surface area contributed by atoms with Gasteiger partial charge in [-0.3, -0.25) is 4.79 Å². The number of aliphatic hydroxyl groups is 1. The van der Waals surface area contributed by atoms with E-state index in [4.69, 9.17) is 0 Å². The number of aromatic nitrogens is 3. The van der Waals surface area contributed by atoms with Crippen molar-refractivity contribution in [1.82, 2.24) is 19.7 Å². The van der Waals surface area contributed by atoms with Gasteiger partial charge in [-0.05, 0) is 30.2 Å². The lowest BCUT2D eigenvalue weighted by Gasteiger charge is -2.22. The molecule has 3 aromatic rings. The van der Waals surface area contributed by atoms with E-state index in [2.05, 4.69) is 10.1 Å². The van der Waals surface area contributed by atoms with Gasteiger partial charge < -0.3 is 10.0 Å². The number of nitrogens with zero attached hydrogens (tertiary/aromatic N) is 4. The summed E-state index contributed by atoms with van der Waals surface area (Å²) >= 11 is 0. The lowest BCUT2D eigenvalue weighted by Crippen LogP contribution is -2.35. The molecule has 0 atom stereocenters. The fraction of sp³-hybridized carbons (Fsp3) is 0.211. The van der Waals surface area contributed by atoms with Gasteiger partial charge in [-0.1, -0.05) is 36.4 Å². The highest BCUT2D eigenvalue weighted by Gasteiger charge is 2.16. The van der Waals surface area contributed by atoms with Gasteiger partial charge in [0.25, 0.3) is 5.91 Å². The van der Waals surface area contributed by atoms with Crippen LogP contribution in [0.5, 0.6) is 0 Å². The van der Waals surface area contributed by atoms with Crippen LogP contribution in [0.1, 0.15) is 15.9 Å². The number of carbonyl (C=O) groups is 1. The Balaban J connectivity index is 1.75. The predicted molar refractivity (Wildman–Crippen MR) is 94.5 cm³/mol. The van der Waals surface area contributed by atoms with Crippen molar-refractivity contribution in [3.8, 4) is 5.69 Å². The summed E-state index contributed by atoms with van der Waals surface area (Å²) in [6.07, 6.45) is 3.78. The minimum Gasteiger partial charge on any atom is -0.395 e. The average molecular weight is 336 g/mol. The van der Waals surface area contributed by atoms with Crippen molar-refractivity contribution in [2.45, 2.75) is 6.42 Å². The van der Waals surface area contributed by atoms with Gasteiger partial charge in [0.1, 0.15) is 12.7 Å². The van der Waals surface area contributed by atoms with Crippen molar-refractivity contribution in [1.29, 1.82) is 0 Å². The van der Waals surface area contributed by atoms with Gasteiger partial charge in [0.05, 0.1) is 12.3 Å². The molecular formula is C19H20N4O2. The second kappa shape index (κ2) is 8.21. The molecule has 0 aliphatic rings. The van der Waals surface area contributed by atoms with E-state index in [-0.39, 0.29) is 12.5 Å². The third-order valence-electron chi connectivity index (χ3n) is 3.95. The SMILES string of the molecule is O=C(c1cccc(-n2cncn2)c1)N(CCO)CCc1ccccc1. The number of carbonyl (C=O) groups excluding carboxylic acids is 1. The Morgan fingerprint density at radius 1 is 1.08 bits per heavy atom. The highest BCUT2D eigenvalue weighted by molar-refractivity contribution is 5.94. The van der Waals surface area contributed by atoms with Crippen molar-refractivity contribution in [3.05, 3.63) is 78.4 Å². The van der Waals surface area contributed by atoms with E-state index in [1.165, 1.54) is 6.33 Å². The number of benzene rings is 2. The van der Waals surface area contributed by atoms with Crippen molar-refractivity contribution < 1.29 is 9.90 Å². The zero-order chi connectivity index (χ0) is 17.5. The van der Waals surface area contributed by atoms with Crippen LogP contribution in [-0.4, -0.2) is 50.4 Å². The lowest BCUT2D eigenvalue weighted by atomic mass is 10.1. The van der Waals surface area contributed by atoms with Crippen LogP contribution < -0.4 is 0 Å². The molecular weight excluding hydrogens is 316 g/mol. The van der Waals surface area contributed by atoms with Gasteiger partial charge in [-0.2, -0.15) is 5.10 Å². The average Bonchev–Trinajstić information content (AvgIpc) is 3.20. The minimum absolute atomic E-state index is 0.0662. The van der Waals surface area contributed by atoms with E-state index in [1.807, 2.05) is 42.5 Å². The zero-order valence-corrected chi connectivity index (χ0v) is 13.8. The Morgan fingerprint density at radius 2 is 1.92 bits per heavy atom. The van der Waals surface area contributed by atoms with Crippen molar-refractivity contribution in [2.75, 3.05) is 19.7 Å². The highest BCUT2D eigenvalue weighted by Crippen LogP contribution is 2.12. The first-order valence-electron chi connectivity index (χ1n) is 8.17. The van der Waals surface area contributed by atoms with Crippen molar-refractivity contribution >= 4 is 5.91 Å². The van der Waals surface area contributed by atoms with Crippen LogP contribution in [0.25, 0.3) is 5.69 Å². The molecule has 0 radical (unpaired) electrons. The molecule has 0 aliphatic carbocycles. The maximum atomic E-state index is 12.8. The monoisotopic (exact) mass is 336 g/mol. The molecule has 3 rings (SSSR count). The molecule has 0 unspecified atom stereocenters. The van der Waals surface area contributed by atoms with Gasteiger partial charge in [0.15, 0.2) is 0 Å². The molecule has 0 fully saturated rings. The molecule has 1 N–H and O–H groups in total. The molecule has 0 saturated heterocycles. The van der Waals surface area contributed by atoms with Crippen LogP contribution in [0.15, 0.2) is 67.3 Å². The summed E-state index contributed by atoms with van der Waals surface area (Å²) in [4.78, 5) is 18.4. The summed E-state index contributed by atoms with van der Waals surface area (Å²) in [6, 6.07) is 17.2. The van der Waals surface area contributed by atoms with Crippen LogP contribution in [-0.2, 0) is 6.42 Å². The molecule has 0 aliphatic heterocycles. The quantitative estimate of drug-likeness (QED) is 0.716. The molecule has 0 saturated carbocycles. The maximum absolute atomic E-state index is 12.8. The Kier molecular flexibility index (Phi) is 5.53. The Morgan fingerprint density at radius 3 is 2.64 bits per heavy atom. The van der Waals surface area contributed by atoms with E-state index in [0.717, 1.165) is 17.7 Å². The summed E-state index contributed by atoms with van der Waals surface area (Å²) in [5, 5.41) is 13.4. The predicted octanol–water partition coefficient (Wildman–Crippen LogP) is 1.94. The smallest absolute Gasteiger partial charge is 0.254 e. The third kappa shape index (κ3) is 4.30. The first-order valence-corrected chi connectivity index (χ1v) is 8.17. The summed E-state index contributed by atoms with van der Waals surface area (Å²) in [5.41, 5.74) is 2.50. The molecule has 6 nitrogen and oxygen atoms in total. The van der Waals surface area contributed by atoms with E-state index in [0.29, 0.717) is 18.7 Å². The molecule has 0 spiro atoms. The molecule has 1 amide bonds. The van der Waals surface area contributed by atoms with Crippen LogP contribution in [0.3, 0.4) is 0 Å². The number of amides is 1. The van der Waals surface area contributed by atoms with E-state index in [9.17, 15) is 9.90 Å². The fourth-order valence-corrected chi connectivity index (χ4v) is 2.65. The Labute approximate surface area is 146 Å². The largest absolute Gasteiger partial charge is 0.395 e. The molecule has 1 aromatic heterocycles. The minimum atomic E-state index is -0.105.